The lowest BCUT2D eigenvalue weighted by Gasteiger charge is -2.13. The van der Waals surface area contributed by atoms with Gasteiger partial charge in [0.25, 0.3) is 0 Å². The smallest absolute Gasteiger partial charge is 0.122 e. The molecular weight excluding hydrogens is 222 g/mol. The van der Waals surface area contributed by atoms with E-state index < -0.39 is 0 Å². The van der Waals surface area contributed by atoms with Crippen LogP contribution in [0.15, 0.2) is 18.2 Å². The Balaban J connectivity index is 1.80. The lowest BCUT2D eigenvalue weighted by atomic mass is 9.98. The molecule has 1 unspecified atom stereocenters. The number of rotatable bonds is 7. The van der Waals surface area contributed by atoms with E-state index in [1.165, 1.54) is 43.2 Å². The average molecular weight is 247 g/mol. The van der Waals surface area contributed by atoms with Gasteiger partial charge in [-0.2, -0.15) is 0 Å². The standard InChI is InChI=1S/C16H25NO/c1-2-3-4-5-6-7-15(17)13-8-9-16-14(12-13)10-11-18-16/h8-9,12,15H,2-7,10-11,17H2,1H3. The number of nitrogens with two attached hydrogens (primary N) is 1. The molecule has 0 radical (unpaired) electrons. The van der Waals surface area contributed by atoms with Gasteiger partial charge in [-0.1, -0.05) is 51.2 Å². The Morgan fingerprint density at radius 1 is 1.22 bits per heavy atom. The predicted molar refractivity (Wildman–Crippen MR) is 75.9 cm³/mol. The Morgan fingerprint density at radius 3 is 2.89 bits per heavy atom. The highest BCUT2D eigenvalue weighted by Crippen LogP contribution is 2.28. The van der Waals surface area contributed by atoms with Crippen LogP contribution in [0.2, 0.25) is 0 Å². The van der Waals surface area contributed by atoms with Crippen molar-refractivity contribution in [2.24, 2.45) is 5.73 Å². The van der Waals surface area contributed by atoms with Crippen LogP contribution in [0.5, 0.6) is 5.75 Å². The van der Waals surface area contributed by atoms with Gasteiger partial charge in [-0.3, -0.25) is 0 Å². The molecule has 2 heteroatoms. The summed E-state index contributed by atoms with van der Waals surface area (Å²) in [7, 11) is 0. The van der Waals surface area contributed by atoms with Gasteiger partial charge in [0, 0.05) is 12.5 Å². The molecule has 0 amide bonds. The van der Waals surface area contributed by atoms with E-state index in [9.17, 15) is 0 Å². The van der Waals surface area contributed by atoms with Gasteiger partial charge in [-0.25, -0.2) is 0 Å². The average Bonchev–Trinajstić information content (AvgIpc) is 2.85. The van der Waals surface area contributed by atoms with Gasteiger partial charge in [0.2, 0.25) is 0 Å². The third kappa shape index (κ3) is 3.49. The fourth-order valence-electron chi connectivity index (χ4n) is 2.57. The minimum absolute atomic E-state index is 0.192. The Bertz CT molecular complexity index is 375. The number of benzene rings is 1. The van der Waals surface area contributed by atoms with Crippen LogP contribution < -0.4 is 10.5 Å². The summed E-state index contributed by atoms with van der Waals surface area (Å²) in [4.78, 5) is 0. The van der Waals surface area contributed by atoms with Crippen molar-refractivity contribution in [3.05, 3.63) is 29.3 Å². The Morgan fingerprint density at radius 2 is 2.06 bits per heavy atom. The van der Waals surface area contributed by atoms with Crippen LogP contribution in [-0.2, 0) is 6.42 Å². The van der Waals surface area contributed by atoms with Gasteiger partial charge in [-0.05, 0) is 23.6 Å². The third-order valence-electron chi connectivity index (χ3n) is 3.76. The van der Waals surface area contributed by atoms with Gasteiger partial charge in [0.05, 0.1) is 6.61 Å². The van der Waals surface area contributed by atoms with Crippen LogP contribution in [0.25, 0.3) is 0 Å². The zero-order chi connectivity index (χ0) is 12.8. The maximum Gasteiger partial charge on any atom is 0.122 e. The van der Waals surface area contributed by atoms with Crippen molar-refractivity contribution in [1.82, 2.24) is 0 Å². The zero-order valence-corrected chi connectivity index (χ0v) is 11.5. The molecule has 0 fully saturated rings. The summed E-state index contributed by atoms with van der Waals surface area (Å²) in [5.41, 5.74) is 8.86. The van der Waals surface area contributed by atoms with E-state index in [-0.39, 0.29) is 6.04 Å². The number of hydrogen-bond acceptors (Lipinski definition) is 2. The van der Waals surface area contributed by atoms with Gasteiger partial charge < -0.3 is 10.5 Å². The highest BCUT2D eigenvalue weighted by molar-refractivity contribution is 5.40. The normalized spacial score (nSPS) is 15.2. The summed E-state index contributed by atoms with van der Waals surface area (Å²) in [5, 5.41) is 0. The van der Waals surface area contributed by atoms with Crippen LogP contribution >= 0.6 is 0 Å². The maximum absolute atomic E-state index is 6.26. The Hall–Kier alpha value is -1.02. The van der Waals surface area contributed by atoms with E-state index >= 15 is 0 Å². The first-order valence-electron chi connectivity index (χ1n) is 7.32. The van der Waals surface area contributed by atoms with Crippen LogP contribution in [0, 0.1) is 0 Å². The molecule has 0 spiro atoms. The van der Waals surface area contributed by atoms with Crippen molar-refractivity contribution in [3.63, 3.8) is 0 Å². The van der Waals surface area contributed by atoms with Gasteiger partial charge in [0.15, 0.2) is 0 Å². The predicted octanol–water partition coefficient (Wildman–Crippen LogP) is 3.98. The van der Waals surface area contributed by atoms with E-state index in [0.717, 1.165) is 25.2 Å². The third-order valence-corrected chi connectivity index (χ3v) is 3.76. The summed E-state index contributed by atoms with van der Waals surface area (Å²) >= 11 is 0. The summed E-state index contributed by atoms with van der Waals surface area (Å²) in [6.45, 7) is 3.07. The number of fused-ring (bicyclic) bond motifs is 1. The van der Waals surface area contributed by atoms with E-state index in [1.54, 1.807) is 0 Å². The monoisotopic (exact) mass is 247 g/mol. The molecule has 1 aliphatic rings. The van der Waals surface area contributed by atoms with Crippen molar-refractivity contribution >= 4 is 0 Å². The number of ether oxygens (including phenoxy) is 1. The first-order chi connectivity index (χ1) is 8.81. The molecule has 100 valence electrons. The fourth-order valence-corrected chi connectivity index (χ4v) is 2.57. The van der Waals surface area contributed by atoms with Gasteiger partial charge >= 0.3 is 0 Å². The Labute approximate surface area is 111 Å². The Kier molecular flexibility index (Phi) is 5.06. The first-order valence-corrected chi connectivity index (χ1v) is 7.32. The summed E-state index contributed by atoms with van der Waals surface area (Å²) < 4.78 is 5.52. The molecule has 0 aromatic heterocycles. The molecule has 2 nitrogen and oxygen atoms in total. The van der Waals surface area contributed by atoms with Gasteiger partial charge in [-0.15, -0.1) is 0 Å². The summed E-state index contributed by atoms with van der Waals surface area (Å²) in [6, 6.07) is 6.63. The van der Waals surface area contributed by atoms with E-state index in [2.05, 4.69) is 25.1 Å². The first kappa shape index (κ1) is 13.4. The van der Waals surface area contributed by atoms with Crippen molar-refractivity contribution in [2.45, 2.75) is 57.9 Å². The second-order valence-corrected chi connectivity index (χ2v) is 5.28. The van der Waals surface area contributed by atoms with Crippen molar-refractivity contribution in [3.8, 4) is 5.75 Å². The molecule has 2 rings (SSSR count). The van der Waals surface area contributed by atoms with Gasteiger partial charge in [0.1, 0.15) is 5.75 Å². The SMILES string of the molecule is CCCCCCCC(N)c1ccc2c(c1)CCO2. The molecule has 2 N–H and O–H groups in total. The molecule has 1 heterocycles. The van der Waals surface area contributed by atoms with Crippen molar-refractivity contribution in [1.29, 1.82) is 0 Å². The highest BCUT2D eigenvalue weighted by Gasteiger charge is 2.14. The van der Waals surface area contributed by atoms with Crippen LogP contribution in [0.1, 0.15) is 62.6 Å². The van der Waals surface area contributed by atoms with Crippen molar-refractivity contribution in [2.75, 3.05) is 6.61 Å². The minimum Gasteiger partial charge on any atom is -0.493 e. The molecule has 1 aromatic carbocycles. The fraction of sp³-hybridized carbons (Fsp3) is 0.625. The molecule has 1 aromatic rings. The number of hydrogen-bond donors (Lipinski definition) is 1. The lowest BCUT2D eigenvalue weighted by Crippen LogP contribution is -2.10. The molecule has 0 aliphatic carbocycles. The highest BCUT2D eigenvalue weighted by atomic mass is 16.5. The maximum atomic E-state index is 6.26. The second kappa shape index (κ2) is 6.79. The molecule has 0 saturated carbocycles. The van der Waals surface area contributed by atoms with E-state index in [0.29, 0.717) is 0 Å². The minimum atomic E-state index is 0.192. The van der Waals surface area contributed by atoms with Crippen LogP contribution in [0.3, 0.4) is 0 Å². The lowest BCUT2D eigenvalue weighted by molar-refractivity contribution is 0.357. The van der Waals surface area contributed by atoms with E-state index in [1.807, 2.05) is 0 Å². The van der Waals surface area contributed by atoms with Crippen LogP contribution in [-0.4, -0.2) is 6.61 Å². The zero-order valence-electron chi connectivity index (χ0n) is 11.5. The summed E-state index contributed by atoms with van der Waals surface area (Å²) in [6.07, 6.45) is 8.70. The number of unbranched alkanes of at least 4 members (excludes halogenated alkanes) is 4. The van der Waals surface area contributed by atoms with Crippen molar-refractivity contribution < 1.29 is 4.74 Å². The van der Waals surface area contributed by atoms with Crippen LogP contribution in [0.4, 0.5) is 0 Å². The molecule has 1 aliphatic heterocycles. The molecule has 1 atom stereocenters. The van der Waals surface area contributed by atoms with E-state index in [4.69, 9.17) is 10.5 Å². The molecule has 0 bridgehead atoms. The molecule has 0 saturated heterocycles. The summed E-state index contributed by atoms with van der Waals surface area (Å²) in [5.74, 6) is 1.05. The second-order valence-electron chi connectivity index (χ2n) is 5.28. The molecular formula is C16H25NO. The topological polar surface area (TPSA) is 35.2 Å². The molecule has 18 heavy (non-hydrogen) atoms. The quantitative estimate of drug-likeness (QED) is 0.740. The largest absolute Gasteiger partial charge is 0.493 e.